The molecule has 2 N–H and O–H groups in total. The van der Waals surface area contributed by atoms with Gasteiger partial charge in [0.25, 0.3) is 0 Å². The van der Waals surface area contributed by atoms with Crippen LogP contribution in [0.2, 0.25) is 0 Å². The minimum Gasteiger partial charge on any atom is -0.455 e. The number of imidazole rings is 1. The number of aryl methyl sites for hydroxylation is 1. The van der Waals surface area contributed by atoms with Crippen molar-refractivity contribution >= 4 is 22.8 Å². The van der Waals surface area contributed by atoms with E-state index in [1.165, 1.54) is 4.57 Å². The van der Waals surface area contributed by atoms with Crippen molar-refractivity contribution in [3.63, 3.8) is 0 Å². The van der Waals surface area contributed by atoms with Gasteiger partial charge in [0.05, 0.1) is 0 Å². The average Bonchev–Trinajstić information content (AvgIpc) is 2.83. The lowest BCUT2D eigenvalue weighted by molar-refractivity contribution is -0.118. The fourth-order valence-corrected chi connectivity index (χ4v) is 2.27. The minimum atomic E-state index is -0.258. The van der Waals surface area contributed by atoms with Gasteiger partial charge >= 0.3 is 5.69 Å². The number of nitrogens with one attached hydrogen (secondary N) is 2. The molecule has 2 aromatic heterocycles. The first kappa shape index (κ1) is 15.8. The molecule has 3 aromatic rings. The van der Waals surface area contributed by atoms with Gasteiger partial charge in [-0.3, -0.25) is 14.3 Å². The van der Waals surface area contributed by atoms with Crippen LogP contribution in [0.3, 0.4) is 0 Å². The van der Waals surface area contributed by atoms with Crippen LogP contribution in [0.1, 0.15) is 13.8 Å². The van der Waals surface area contributed by atoms with Crippen LogP contribution in [0.15, 0.2) is 41.3 Å². The Morgan fingerprint density at radius 2 is 2.12 bits per heavy atom. The number of aromatic amines is 1. The molecule has 1 amide bonds. The first-order chi connectivity index (χ1) is 11.5. The SMILES string of the molecule is CC(C)C(=O)Nc1cccc(Oc2ccnc3[nH]c(=O)n(C)c23)c1. The average molecular weight is 326 g/mol. The van der Waals surface area contributed by atoms with Crippen molar-refractivity contribution in [1.29, 1.82) is 0 Å². The number of pyridine rings is 1. The smallest absolute Gasteiger partial charge is 0.327 e. The highest BCUT2D eigenvalue weighted by Crippen LogP contribution is 2.28. The summed E-state index contributed by atoms with van der Waals surface area (Å²) in [6.07, 6.45) is 1.57. The Morgan fingerprint density at radius 3 is 2.88 bits per heavy atom. The van der Waals surface area contributed by atoms with Crippen LogP contribution in [0, 0.1) is 5.92 Å². The first-order valence-electron chi connectivity index (χ1n) is 7.58. The Bertz CT molecular complexity index is 956. The van der Waals surface area contributed by atoms with Gasteiger partial charge in [0.1, 0.15) is 11.3 Å². The molecular formula is C17H18N4O3. The van der Waals surface area contributed by atoms with Crippen molar-refractivity contribution in [3.8, 4) is 11.5 Å². The summed E-state index contributed by atoms with van der Waals surface area (Å²) in [6.45, 7) is 3.66. The van der Waals surface area contributed by atoms with Crippen LogP contribution in [-0.2, 0) is 11.8 Å². The molecule has 0 atom stereocenters. The fraction of sp³-hybridized carbons (Fsp3) is 0.235. The Labute approximate surface area is 138 Å². The number of nitrogens with zero attached hydrogens (tertiary/aromatic N) is 2. The Balaban J connectivity index is 1.92. The summed E-state index contributed by atoms with van der Waals surface area (Å²) in [6, 6.07) is 8.79. The van der Waals surface area contributed by atoms with E-state index in [0.717, 1.165) is 0 Å². The van der Waals surface area contributed by atoms with Crippen molar-refractivity contribution in [1.82, 2.24) is 14.5 Å². The number of anilines is 1. The van der Waals surface area contributed by atoms with Crippen molar-refractivity contribution in [2.24, 2.45) is 13.0 Å². The molecule has 0 radical (unpaired) electrons. The third-order valence-electron chi connectivity index (χ3n) is 3.61. The summed E-state index contributed by atoms with van der Waals surface area (Å²) in [7, 11) is 1.65. The molecule has 0 unspecified atom stereocenters. The molecule has 0 fully saturated rings. The van der Waals surface area contributed by atoms with Crippen molar-refractivity contribution in [3.05, 3.63) is 47.0 Å². The minimum absolute atomic E-state index is 0.0634. The summed E-state index contributed by atoms with van der Waals surface area (Å²) in [5, 5.41) is 2.83. The molecule has 7 heteroatoms. The largest absolute Gasteiger partial charge is 0.455 e. The van der Waals surface area contributed by atoms with Crippen molar-refractivity contribution < 1.29 is 9.53 Å². The van der Waals surface area contributed by atoms with Crippen molar-refractivity contribution in [2.75, 3.05) is 5.32 Å². The zero-order chi connectivity index (χ0) is 17.3. The maximum absolute atomic E-state index is 11.8. The quantitative estimate of drug-likeness (QED) is 0.771. The number of benzene rings is 1. The molecule has 24 heavy (non-hydrogen) atoms. The van der Waals surface area contributed by atoms with E-state index in [9.17, 15) is 9.59 Å². The molecule has 0 saturated heterocycles. The zero-order valence-corrected chi connectivity index (χ0v) is 13.7. The van der Waals surface area contributed by atoms with Gasteiger partial charge in [0, 0.05) is 37.0 Å². The van der Waals surface area contributed by atoms with Crippen LogP contribution in [0.25, 0.3) is 11.2 Å². The summed E-state index contributed by atoms with van der Waals surface area (Å²) in [5.74, 6) is 0.890. The van der Waals surface area contributed by atoms with Gasteiger partial charge in [-0.25, -0.2) is 9.78 Å². The standard InChI is InChI=1S/C17H18N4O3/c1-10(2)16(22)19-11-5-4-6-12(9-11)24-13-7-8-18-15-14(13)21(3)17(23)20-15/h4-10H,1-3H3,(H,19,22)(H,18,20,23). The van der Waals surface area contributed by atoms with Crippen LogP contribution in [0.4, 0.5) is 5.69 Å². The maximum Gasteiger partial charge on any atom is 0.327 e. The normalized spacial score (nSPS) is 11.0. The lowest BCUT2D eigenvalue weighted by Gasteiger charge is -2.11. The van der Waals surface area contributed by atoms with Crippen LogP contribution in [0.5, 0.6) is 11.5 Å². The van der Waals surface area contributed by atoms with Gasteiger partial charge in [-0.1, -0.05) is 19.9 Å². The van der Waals surface area contributed by atoms with Gasteiger partial charge in [0.15, 0.2) is 11.4 Å². The summed E-state index contributed by atoms with van der Waals surface area (Å²) in [4.78, 5) is 30.3. The highest BCUT2D eigenvalue weighted by Gasteiger charge is 2.12. The monoisotopic (exact) mass is 326 g/mol. The van der Waals surface area contributed by atoms with E-state index in [2.05, 4.69) is 15.3 Å². The number of fused-ring (bicyclic) bond motifs is 1. The van der Waals surface area contributed by atoms with E-state index < -0.39 is 0 Å². The molecule has 1 aromatic carbocycles. The predicted molar refractivity (Wildman–Crippen MR) is 91.3 cm³/mol. The van der Waals surface area contributed by atoms with E-state index in [-0.39, 0.29) is 17.5 Å². The third kappa shape index (κ3) is 3.01. The number of ether oxygens (including phenoxy) is 1. The molecule has 2 heterocycles. The third-order valence-corrected chi connectivity index (χ3v) is 3.61. The Hall–Kier alpha value is -3.09. The van der Waals surface area contributed by atoms with Crippen molar-refractivity contribution in [2.45, 2.75) is 13.8 Å². The molecule has 0 aliphatic carbocycles. The molecule has 0 aliphatic heterocycles. The van der Waals surface area contributed by atoms with Gasteiger partial charge in [0.2, 0.25) is 5.91 Å². The number of hydrogen-bond donors (Lipinski definition) is 2. The number of carbonyl (C=O) groups excluding carboxylic acids is 1. The van der Waals surface area contributed by atoms with Crippen LogP contribution < -0.4 is 15.7 Å². The summed E-state index contributed by atoms with van der Waals surface area (Å²) in [5.41, 5.74) is 1.44. The number of aromatic nitrogens is 3. The molecule has 7 nitrogen and oxygen atoms in total. The zero-order valence-electron chi connectivity index (χ0n) is 13.7. The summed E-state index contributed by atoms with van der Waals surface area (Å²) >= 11 is 0. The van der Waals surface area contributed by atoms with E-state index in [1.807, 2.05) is 13.8 Å². The van der Waals surface area contributed by atoms with E-state index in [4.69, 9.17) is 4.74 Å². The molecule has 3 rings (SSSR count). The number of rotatable bonds is 4. The maximum atomic E-state index is 11.8. The number of H-pyrrole nitrogens is 1. The highest BCUT2D eigenvalue weighted by atomic mass is 16.5. The lowest BCUT2D eigenvalue weighted by Crippen LogP contribution is -2.17. The second kappa shape index (κ2) is 6.19. The van der Waals surface area contributed by atoms with Gasteiger partial charge in [-0.05, 0) is 12.1 Å². The molecular weight excluding hydrogens is 308 g/mol. The van der Waals surface area contributed by atoms with Gasteiger partial charge in [-0.2, -0.15) is 0 Å². The summed E-state index contributed by atoms with van der Waals surface area (Å²) < 4.78 is 7.34. The molecule has 0 spiro atoms. The van der Waals surface area contributed by atoms with Crippen LogP contribution in [-0.4, -0.2) is 20.4 Å². The fourth-order valence-electron chi connectivity index (χ4n) is 2.27. The first-order valence-corrected chi connectivity index (χ1v) is 7.58. The van der Waals surface area contributed by atoms with E-state index in [0.29, 0.717) is 28.4 Å². The highest BCUT2D eigenvalue weighted by molar-refractivity contribution is 5.92. The second-order valence-electron chi connectivity index (χ2n) is 5.77. The predicted octanol–water partition coefficient (Wildman–Crippen LogP) is 2.65. The Morgan fingerprint density at radius 1 is 1.33 bits per heavy atom. The van der Waals surface area contributed by atoms with E-state index in [1.54, 1.807) is 43.6 Å². The number of amides is 1. The molecule has 0 bridgehead atoms. The van der Waals surface area contributed by atoms with Crippen LogP contribution >= 0.6 is 0 Å². The molecule has 124 valence electrons. The number of hydrogen-bond acceptors (Lipinski definition) is 4. The topological polar surface area (TPSA) is 89.0 Å². The number of carbonyl (C=O) groups is 1. The Kier molecular flexibility index (Phi) is 4.07. The molecule has 0 aliphatic rings. The van der Waals surface area contributed by atoms with Gasteiger partial charge in [-0.15, -0.1) is 0 Å². The second-order valence-corrected chi connectivity index (χ2v) is 5.77. The lowest BCUT2D eigenvalue weighted by atomic mass is 10.2. The molecule has 0 saturated carbocycles. The van der Waals surface area contributed by atoms with Gasteiger partial charge < -0.3 is 10.1 Å². The van der Waals surface area contributed by atoms with E-state index >= 15 is 0 Å².